The zero-order valence-electron chi connectivity index (χ0n) is 10.2. The molecule has 1 aliphatic heterocycles. The Bertz CT molecular complexity index is 397. The Labute approximate surface area is 110 Å². The molecule has 1 N–H and O–H groups in total. The number of hydrogen-bond acceptors (Lipinski definition) is 2. The zero-order chi connectivity index (χ0) is 12.4. The Morgan fingerprint density at radius 1 is 1.53 bits per heavy atom. The first-order chi connectivity index (χ1) is 8.11. The summed E-state index contributed by atoms with van der Waals surface area (Å²) in [5.74, 6) is -0.205. The van der Waals surface area contributed by atoms with Crippen LogP contribution in [0.5, 0.6) is 0 Å². The number of halogens is 2. The highest BCUT2D eigenvalue weighted by atomic mass is 79.9. The van der Waals surface area contributed by atoms with Gasteiger partial charge in [0.15, 0.2) is 0 Å². The van der Waals surface area contributed by atoms with E-state index in [0.717, 1.165) is 25.2 Å². The average Bonchev–Trinajstić information content (AvgIpc) is 2.33. The first-order valence-electron chi connectivity index (χ1n) is 6.07. The maximum Gasteiger partial charge on any atom is 0.137 e. The molecule has 1 saturated heterocycles. The molecule has 2 atom stereocenters. The van der Waals surface area contributed by atoms with Crippen LogP contribution in [0.3, 0.4) is 0 Å². The molecule has 0 aliphatic carbocycles. The van der Waals surface area contributed by atoms with Gasteiger partial charge in [0.05, 0.1) is 4.47 Å². The monoisotopic (exact) mass is 300 g/mol. The molecule has 0 aromatic heterocycles. The van der Waals surface area contributed by atoms with Gasteiger partial charge in [-0.25, -0.2) is 4.39 Å². The van der Waals surface area contributed by atoms with Crippen LogP contribution in [0.1, 0.15) is 20.3 Å². The van der Waals surface area contributed by atoms with Gasteiger partial charge < -0.3 is 10.2 Å². The van der Waals surface area contributed by atoms with Crippen LogP contribution in [-0.2, 0) is 0 Å². The number of nitrogens with zero attached hydrogens (tertiary/aromatic N) is 1. The molecule has 4 heteroatoms. The summed E-state index contributed by atoms with van der Waals surface area (Å²) < 4.78 is 13.8. The SMILES string of the molecule is CCC1CN(c2ccc(F)c(Br)c2)C(C)CN1. The highest BCUT2D eigenvalue weighted by Crippen LogP contribution is 2.26. The van der Waals surface area contributed by atoms with E-state index in [0.29, 0.717) is 16.6 Å². The molecule has 17 heavy (non-hydrogen) atoms. The molecule has 1 aliphatic rings. The molecule has 2 rings (SSSR count). The Hall–Kier alpha value is -0.610. The third-order valence-corrected chi connectivity index (χ3v) is 3.99. The Kier molecular flexibility index (Phi) is 4.05. The maximum atomic E-state index is 13.2. The number of anilines is 1. The molecule has 1 aromatic carbocycles. The summed E-state index contributed by atoms with van der Waals surface area (Å²) in [6.45, 7) is 6.34. The van der Waals surface area contributed by atoms with E-state index in [4.69, 9.17) is 0 Å². The van der Waals surface area contributed by atoms with Crippen molar-refractivity contribution in [1.29, 1.82) is 0 Å². The van der Waals surface area contributed by atoms with Crippen molar-refractivity contribution in [3.05, 3.63) is 28.5 Å². The summed E-state index contributed by atoms with van der Waals surface area (Å²) in [5, 5.41) is 3.52. The van der Waals surface area contributed by atoms with Crippen LogP contribution in [0.15, 0.2) is 22.7 Å². The van der Waals surface area contributed by atoms with Gasteiger partial charge in [0.2, 0.25) is 0 Å². The van der Waals surface area contributed by atoms with Crippen molar-refractivity contribution < 1.29 is 4.39 Å². The normalized spacial score (nSPS) is 25.1. The number of hydrogen-bond donors (Lipinski definition) is 1. The molecule has 1 fully saturated rings. The quantitative estimate of drug-likeness (QED) is 0.902. The molecule has 1 heterocycles. The standard InChI is InChI=1S/C13H18BrFN2/c1-3-10-8-17(9(2)7-16-10)11-4-5-13(15)12(14)6-11/h4-6,9-10,16H,3,7-8H2,1-2H3. The van der Waals surface area contributed by atoms with Crippen molar-refractivity contribution >= 4 is 21.6 Å². The lowest BCUT2D eigenvalue weighted by atomic mass is 10.1. The predicted octanol–water partition coefficient (Wildman–Crippen LogP) is 3.16. The molecule has 0 bridgehead atoms. The second kappa shape index (κ2) is 5.36. The molecule has 94 valence electrons. The van der Waals surface area contributed by atoms with E-state index in [1.165, 1.54) is 6.07 Å². The van der Waals surface area contributed by atoms with E-state index in [-0.39, 0.29) is 5.82 Å². The van der Waals surface area contributed by atoms with Gasteiger partial charge in [-0.1, -0.05) is 6.92 Å². The van der Waals surface area contributed by atoms with Crippen LogP contribution in [0.4, 0.5) is 10.1 Å². The lowest BCUT2D eigenvalue weighted by Gasteiger charge is -2.40. The van der Waals surface area contributed by atoms with Gasteiger partial charge in [-0.3, -0.25) is 0 Å². The first-order valence-corrected chi connectivity index (χ1v) is 6.86. The number of benzene rings is 1. The van der Waals surface area contributed by atoms with Crippen molar-refractivity contribution in [2.24, 2.45) is 0 Å². The Morgan fingerprint density at radius 3 is 2.94 bits per heavy atom. The minimum Gasteiger partial charge on any atom is -0.366 e. The van der Waals surface area contributed by atoms with Gasteiger partial charge >= 0.3 is 0 Å². The molecule has 2 nitrogen and oxygen atoms in total. The highest BCUT2D eigenvalue weighted by molar-refractivity contribution is 9.10. The van der Waals surface area contributed by atoms with Crippen molar-refractivity contribution in [2.45, 2.75) is 32.4 Å². The van der Waals surface area contributed by atoms with Crippen molar-refractivity contribution in [3.8, 4) is 0 Å². The molecular weight excluding hydrogens is 283 g/mol. The van der Waals surface area contributed by atoms with E-state index in [9.17, 15) is 4.39 Å². The van der Waals surface area contributed by atoms with Gasteiger partial charge in [0.1, 0.15) is 5.82 Å². The molecule has 1 aromatic rings. The van der Waals surface area contributed by atoms with Crippen LogP contribution in [-0.4, -0.2) is 25.2 Å². The van der Waals surface area contributed by atoms with Gasteiger partial charge in [-0.2, -0.15) is 0 Å². The van der Waals surface area contributed by atoms with Gasteiger partial charge in [-0.15, -0.1) is 0 Å². The number of rotatable bonds is 2. The van der Waals surface area contributed by atoms with Crippen LogP contribution >= 0.6 is 15.9 Å². The third kappa shape index (κ3) is 2.80. The van der Waals surface area contributed by atoms with E-state index in [1.54, 1.807) is 0 Å². The average molecular weight is 301 g/mol. The van der Waals surface area contributed by atoms with E-state index in [1.807, 2.05) is 12.1 Å². The predicted molar refractivity (Wildman–Crippen MR) is 73.0 cm³/mol. The maximum absolute atomic E-state index is 13.2. The third-order valence-electron chi connectivity index (χ3n) is 3.38. The fourth-order valence-electron chi connectivity index (χ4n) is 2.23. The minimum atomic E-state index is -0.205. The zero-order valence-corrected chi connectivity index (χ0v) is 11.8. The number of nitrogens with one attached hydrogen (secondary N) is 1. The van der Waals surface area contributed by atoms with Gasteiger partial charge in [-0.05, 0) is 47.5 Å². The second-order valence-corrected chi connectivity index (χ2v) is 5.47. The van der Waals surface area contributed by atoms with Gasteiger partial charge in [0.25, 0.3) is 0 Å². The minimum absolute atomic E-state index is 0.205. The van der Waals surface area contributed by atoms with Crippen LogP contribution < -0.4 is 10.2 Å². The molecule has 2 unspecified atom stereocenters. The van der Waals surface area contributed by atoms with E-state index in [2.05, 4.69) is 40.0 Å². The van der Waals surface area contributed by atoms with Crippen molar-refractivity contribution in [3.63, 3.8) is 0 Å². The molecule has 0 amide bonds. The van der Waals surface area contributed by atoms with E-state index < -0.39 is 0 Å². The molecule has 0 radical (unpaired) electrons. The van der Waals surface area contributed by atoms with Gasteiger partial charge in [0, 0.05) is 30.9 Å². The summed E-state index contributed by atoms with van der Waals surface area (Å²) in [7, 11) is 0. The largest absolute Gasteiger partial charge is 0.366 e. The summed E-state index contributed by atoms with van der Waals surface area (Å²) in [4.78, 5) is 2.34. The van der Waals surface area contributed by atoms with E-state index >= 15 is 0 Å². The first kappa shape index (κ1) is 12.8. The Balaban J connectivity index is 2.21. The Morgan fingerprint density at radius 2 is 2.29 bits per heavy atom. The molecule has 0 spiro atoms. The summed E-state index contributed by atoms with van der Waals surface area (Å²) in [5.41, 5.74) is 1.09. The second-order valence-electron chi connectivity index (χ2n) is 4.61. The summed E-state index contributed by atoms with van der Waals surface area (Å²) >= 11 is 3.25. The lowest BCUT2D eigenvalue weighted by Crippen LogP contribution is -2.55. The molecular formula is C13H18BrFN2. The highest BCUT2D eigenvalue weighted by Gasteiger charge is 2.24. The van der Waals surface area contributed by atoms with Crippen LogP contribution in [0.2, 0.25) is 0 Å². The van der Waals surface area contributed by atoms with Crippen molar-refractivity contribution in [2.75, 3.05) is 18.0 Å². The van der Waals surface area contributed by atoms with Crippen LogP contribution in [0.25, 0.3) is 0 Å². The fourth-order valence-corrected chi connectivity index (χ4v) is 2.59. The summed E-state index contributed by atoms with van der Waals surface area (Å²) in [6, 6.07) is 6.21. The summed E-state index contributed by atoms with van der Waals surface area (Å²) in [6.07, 6.45) is 1.12. The smallest absolute Gasteiger partial charge is 0.137 e. The topological polar surface area (TPSA) is 15.3 Å². The molecule has 0 saturated carbocycles. The van der Waals surface area contributed by atoms with Crippen LogP contribution in [0, 0.1) is 5.82 Å². The fraction of sp³-hybridized carbons (Fsp3) is 0.538. The van der Waals surface area contributed by atoms with Crippen molar-refractivity contribution in [1.82, 2.24) is 5.32 Å². The number of piperazine rings is 1. The lowest BCUT2D eigenvalue weighted by molar-refractivity contribution is 0.397.